The van der Waals surface area contributed by atoms with Crippen molar-refractivity contribution in [1.29, 1.82) is 0 Å². The fourth-order valence-electron chi connectivity index (χ4n) is 2.27. The Morgan fingerprint density at radius 3 is 2.48 bits per heavy atom. The number of halogens is 2. The van der Waals surface area contributed by atoms with E-state index in [1.807, 2.05) is 31.2 Å². The van der Waals surface area contributed by atoms with Crippen molar-refractivity contribution >= 4 is 11.6 Å². The number of hydrogen-bond donors (Lipinski definition) is 0. The maximum absolute atomic E-state index is 13.1. The van der Waals surface area contributed by atoms with Crippen LogP contribution in [0.2, 0.25) is 0 Å². The van der Waals surface area contributed by atoms with Crippen LogP contribution < -0.4 is 0 Å². The highest BCUT2D eigenvalue weighted by molar-refractivity contribution is 6.17. The molecular weight excluding hydrogens is 289 g/mol. The fourth-order valence-corrected chi connectivity index (χ4v) is 2.45. The first kappa shape index (κ1) is 13.8. The molecule has 0 amide bonds. The maximum Gasteiger partial charge on any atom is 0.123 e. The summed E-state index contributed by atoms with van der Waals surface area (Å²) in [5, 5.41) is 8.34. The second-order valence-corrected chi connectivity index (χ2v) is 4.99. The van der Waals surface area contributed by atoms with E-state index in [1.54, 1.807) is 16.8 Å². The topological polar surface area (TPSA) is 30.7 Å². The summed E-state index contributed by atoms with van der Waals surface area (Å²) in [5.74, 6) is -0.0282. The highest BCUT2D eigenvalue weighted by Gasteiger charge is 2.16. The lowest BCUT2D eigenvalue weighted by atomic mass is 10.1. The molecule has 0 unspecified atom stereocenters. The lowest BCUT2D eigenvalue weighted by molar-refractivity contribution is 0.628. The Bertz CT molecular complexity index is 765. The molecule has 3 rings (SSSR count). The third-order valence-electron chi connectivity index (χ3n) is 3.33. The van der Waals surface area contributed by atoms with Gasteiger partial charge in [-0.3, -0.25) is 0 Å². The summed E-state index contributed by atoms with van der Waals surface area (Å²) in [7, 11) is 0. The molecule has 1 aromatic heterocycles. The van der Waals surface area contributed by atoms with Crippen molar-refractivity contribution in [3.63, 3.8) is 0 Å². The van der Waals surface area contributed by atoms with E-state index in [-0.39, 0.29) is 11.7 Å². The van der Waals surface area contributed by atoms with Gasteiger partial charge in [-0.05, 0) is 42.8 Å². The van der Waals surface area contributed by atoms with Gasteiger partial charge < -0.3 is 0 Å². The van der Waals surface area contributed by atoms with Crippen LogP contribution in [0.5, 0.6) is 0 Å². The molecule has 0 bridgehead atoms. The first-order valence-electron chi connectivity index (χ1n) is 6.53. The van der Waals surface area contributed by atoms with Crippen LogP contribution in [0.15, 0.2) is 48.5 Å². The van der Waals surface area contributed by atoms with Crippen molar-refractivity contribution < 1.29 is 4.39 Å². The lowest BCUT2D eigenvalue weighted by Crippen LogP contribution is -2.02. The lowest BCUT2D eigenvalue weighted by Gasteiger charge is -2.10. The Morgan fingerprint density at radius 1 is 1.10 bits per heavy atom. The number of para-hydroxylation sites is 1. The van der Waals surface area contributed by atoms with Crippen LogP contribution in [-0.2, 0) is 5.88 Å². The minimum Gasteiger partial charge on any atom is -0.212 e. The summed E-state index contributed by atoms with van der Waals surface area (Å²) in [5.41, 5.74) is 4.30. The van der Waals surface area contributed by atoms with Crippen molar-refractivity contribution in [2.45, 2.75) is 12.8 Å². The Balaban J connectivity index is 2.22. The number of benzene rings is 2. The van der Waals surface area contributed by atoms with E-state index in [9.17, 15) is 4.39 Å². The van der Waals surface area contributed by atoms with E-state index in [0.717, 1.165) is 22.5 Å². The summed E-state index contributed by atoms with van der Waals surface area (Å²) < 4.78 is 14.9. The molecule has 0 radical (unpaired) electrons. The fraction of sp³-hybridized carbons (Fsp3) is 0.125. The van der Waals surface area contributed by atoms with Gasteiger partial charge in [0, 0.05) is 5.56 Å². The molecule has 0 aliphatic heterocycles. The van der Waals surface area contributed by atoms with E-state index >= 15 is 0 Å². The smallest absolute Gasteiger partial charge is 0.123 e. The summed E-state index contributed by atoms with van der Waals surface area (Å²) in [4.78, 5) is 0. The van der Waals surface area contributed by atoms with Gasteiger partial charge in [0.25, 0.3) is 0 Å². The average Bonchev–Trinajstić information content (AvgIpc) is 2.92. The predicted octanol–water partition coefficient (Wildman–Crippen LogP) is 4.12. The second kappa shape index (κ2) is 5.66. The zero-order chi connectivity index (χ0) is 14.8. The Labute approximate surface area is 127 Å². The summed E-state index contributed by atoms with van der Waals surface area (Å²) >= 11 is 5.96. The highest BCUT2D eigenvalue weighted by atomic mass is 35.5. The number of nitrogens with zero attached hydrogens (tertiary/aromatic N) is 3. The van der Waals surface area contributed by atoms with E-state index in [4.69, 9.17) is 11.6 Å². The van der Waals surface area contributed by atoms with Gasteiger partial charge in [-0.25, -0.2) is 9.07 Å². The summed E-state index contributed by atoms with van der Waals surface area (Å²) in [6.07, 6.45) is 0. The van der Waals surface area contributed by atoms with Gasteiger partial charge in [0.2, 0.25) is 0 Å². The number of aromatic nitrogens is 3. The van der Waals surface area contributed by atoms with Crippen LogP contribution in [0.4, 0.5) is 4.39 Å². The van der Waals surface area contributed by atoms with Gasteiger partial charge in [-0.1, -0.05) is 23.4 Å². The molecule has 2 aromatic carbocycles. The molecule has 0 saturated carbocycles. The molecule has 0 aliphatic carbocycles. The van der Waals surface area contributed by atoms with Crippen LogP contribution in [0, 0.1) is 12.7 Å². The molecule has 0 atom stereocenters. The molecule has 0 spiro atoms. The molecule has 3 aromatic rings. The molecule has 0 N–H and O–H groups in total. The van der Waals surface area contributed by atoms with Crippen molar-refractivity contribution in [3.05, 3.63) is 65.6 Å². The van der Waals surface area contributed by atoms with Crippen LogP contribution in [-0.4, -0.2) is 15.0 Å². The van der Waals surface area contributed by atoms with E-state index < -0.39 is 0 Å². The van der Waals surface area contributed by atoms with Gasteiger partial charge in [-0.15, -0.1) is 16.7 Å². The Morgan fingerprint density at radius 2 is 1.81 bits per heavy atom. The molecule has 1 heterocycles. The summed E-state index contributed by atoms with van der Waals surface area (Å²) in [6, 6.07) is 14.1. The number of alkyl halides is 1. The van der Waals surface area contributed by atoms with Crippen molar-refractivity contribution in [1.82, 2.24) is 15.0 Å². The first-order chi connectivity index (χ1) is 10.2. The van der Waals surface area contributed by atoms with E-state index in [1.165, 1.54) is 12.1 Å². The van der Waals surface area contributed by atoms with Crippen molar-refractivity contribution in [2.75, 3.05) is 0 Å². The van der Waals surface area contributed by atoms with Crippen LogP contribution >= 0.6 is 11.6 Å². The largest absolute Gasteiger partial charge is 0.212 e. The Kier molecular flexibility index (Phi) is 3.71. The number of hydrogen-bond acceptors (Lipinski definition) is 2. The highest BCUT2D eigenvalue weighted by Crippen LogP contribution is 2.27. The minimum atomic E-state index is -0.277. The maximum atomic E-state index is 13.1. The predicted molar refractivity (Wildman–Crippen MR) is 81.0 cm³/mol. The third-order valence-corrected chi connectivity index (χ3v) is 3.58. The quantitative estimate of drug-likeness (QED) is 0.681. The molecule has 106 valence electrons. The zero-order valence-electron chi connectivity index (χ0n) is 11.4. The van der Waals surface area contributed by atoms with Crippen LogP contribution in [0.25, 0.3) is 16.9 Å². The van der Waals surface area contributed by atoms with Gasteiger partial charge in [0.15, 0.2) is 0 Å². The van der Waals surface area contributed by atoms with Gasteiger partial charge in [0.1, 0.15) is 11.5 Å². The monoisotopic (exact) mass is 301 g/mol. The van der Waals surface area contributed by atoms with E-state index in [2.05, 4.69) is 10.3 Å². The van der Waals surface area contributed by atoms with Crippen molar-refractivity contribution in [3.8, 4) is 16.9 Å². The standard InChI is InChI=1S/C16H13ClFN3/c1-11-4-2-3-5-15(11)21-16(14(10-17)19-20-21)12-6-8-13(18)9-7-12/h2-9H,10H2,1H3. The summed E-state index contributed by atoms with van der Waals surface area (Å²) in [6.45, 7) is 2.01. The average molecular weight is 302 g/mol. The molecule has 0 saturated heterocycles. The van der Waals surface area contributed by atoms with Gasteiger partial charge in [-0.2, -0.15) is 0 Å². The number of aryl methyl sites for hydroxylation is 1. The number of rotatable bonds is 3. The third kappa shape index (κ3) is 2.54. The SMILES string of the molecule is Cc1ccccc1-n1nnc(CCl)c1-c1ccc(F)cc1. The normalized spacial score (nSPS) is 10.8. The minimum absolute atomic E-state index is 0.249. The van der Waals surface area contributed by atoms with Crippen LogP contribution in [0.3, 0.4) is 0 Å². The van der Waals surface area contributed by atoms with Gasteiger partial charge in [0.05, 0.1) is 17.3 Å². The molecule has 0 fully saturated rings. The molecule has 3 nitrogen and oxygen atoms in total. The second-order valence-electron chi connectivity index (χ2n) is 4.72. The first-order valence-corrected chi connectivity index (χ1v) is 7.06. The van der Waals surface area contributed by atoms with Crippen molar-refractivity contribution in [2.24, 2.45) is 0 Å². The zero-order valence-corrected chi connectivity index (χ0v) is 12.2. The molecule has 21 heavy (non-hydrogen) atoms. The Hall–Kier alpha value is -2.20. The molecule has 5 heteroatoms. The van der Waals surface area contributed by atoms with Crippen LogP contribution in [0.1, 0.15) is 11.3 Å². The van der Waals surface area contributed by atoms with Gasteiger partial charge >= 0.3 is 0 Å². The van der Waals surface area contributed by atoms with E-state index in [0.29, 0.717) is 5.69 Å². The molecular formula is C16H13ClFN3. The molecule has 0 aliphatic rings.